The fourth-order valence-electron chi connectivity index (χ4n) is 4.98. The maximum Gasteiger partial charge on any atom is 0.236 e. The van der Waals surface area contributed by atoms with Crippen LogP contribution >= 0.6 is 12.2 Å². The number of fused-ring (bicyclic) bond motifs is 4. The summed E-state index contributed by atoms with van der Waals surface area (Å²) in [6.45, 7) is 3.92. The van der Waals surface area contributed by atoms with Crippen LogP contribution in [0.2, 0.25) is 0 Å². The molecule has 1 saturated heterocycles. The molecule has 0 saturated carbocycles. The minimum absolute atomic E-state index is 0.191. The summed E-state index contributed by atoms with van der Waals surface area (Å²) < 4.78 is 17.5. The average molecular weight is 490 g/mol. The highest BCUT2D eigenvalue weighted by Gasteiger charge is 2.59. The molecule has 0 aromatic heterocycles. The van der Waals surface area contributed by atoms with E-state index in [0.717, 1.165) is 16.8 Å². The molecule has 0 spiro atoms. The van der Waals surface area contributed by atoms with Crippen LogP contribution in [-0.4, -0.2) is 31.0 Å². The van der Waals surface area contributed by atoms with Crippen LogP contribution in [0.15, 0.2) is 66.7 Å². The number of ether oxygens (including phenoxy) is 3. The Bertz CT molecular complexity index is 1300. The van der Waals surface area contributed by atoms with Gasteiger partial charge in [-0.05, 0) is 74.1 Å². The van der Waals surface area contributed by atoms with E-state index in [4.69, 9.17) is 26.4 Å². The van der Waals surface area contributed by atoms with Crippen molar-refractivity contribution in [2.24, 2.45) is 5.92 Å². The second-order valence-electron chi connectivity index (χ2n) is 8.83. The van der Waals surface area contributed by atoms with E-state index in [1.54, 1.807) is 14.2 Å². The predicted molar refractivity (Wildman–Crippen MR) is 139 cm³/mol. The molecule has 2 bridgehead atoms. The Balaban J connectivity index is 1.62. The van der Waals surface area contributed by atoms with Gasteiger partial charge in [-0.2, -0.15) is 0 Å². The minimum atomic E-state index is -1.13. The van der Waals surface area contributed by atoms with Gasteiger partial charge in [0.05, 0.1) is 20.3 Å². The van der Waals surface area contributed by atoms with Crippen molar-refractivity contribution in [1.82, 2.24) is 5.32 Å². The molecule has 3 aromatic rings. The van der Waals surface area contributed by atoms with Gasteiger partial charge in [0.15, 0.2) is 22.3 Å². The Morgan fingerprint density at radius 2 is 1.83 bits per heavy atom. The maximum atomic E-state index is 13.9. The third-order valence-corrected chi connectivity index (χ3v) is 6.91. The number of rotatable bonds is 5. The van der Waals surface area contributed by atoms with Crippen molar-refractivity contribution in [2.45, 2.75) is 25.6 Å². The zero-order valence-corrected chi connectivity index (χ0v) is 20.8. The van der Waals surface area contributed by atoms with Crippen LogP contribution in [-0.2, 0) is 4.79 Å². The fraction of sp³-hybridized carbons (Fsp3) is 0.259. The third kappa shape index (κ3) is 3.83. The second kappa shape index (κ2) is 8.78. The van der Waals surface area contributed by atoms with E-state index in [2.05, 4.69) is 10.6 Å². The smallest absolute Gasteiger partial charge is 0.236 e. The number of hydrogen-bond donors (Lipinski definition) is 2. The number of carbonyl (C=O) groups is 1. The number of para-hydroxylation sites is 1. The highest BCUT2D eigenvalue weighted by atomic mass is 32.1. The van der Waals surface area contributed by atoms with Gasteiger partial charge in [0.25, 0.3) is 0 Å². The van der Waals surface area contributed by atoms with E-state index in [1.165, 1.54) is 0 Å². The third-order valence-electron chi connectivity index (χ3n) is 6.61. The van der Waals surface area contributed by atoms with Gasteiger partial charge in [-0.3, -0.25) is 9.69 Å². The highest BCUT2D eigenvalue weighted by molar-refractivity contribution is 7.80. The van der Waals surface area contributed by atoms with Crippen molar-refractivity contribution in [3.8, 4) is 17.2 Å². The summed E-state index contributed by atoms with van der Waals surface area (Å²) in [5.41, 5.74) is 2.27. The number of methoxy groups -OCH3 is 2. The normalized spacial score (nSPS) is 22.4. The van der Waals surface area contributed by atoms with Gasteiger partial charge >= 0.3 is 0 Å². The molecule has 5 rings (SSSR count). The van der Waals surface area contributed by atoms with E-state index < -0.39 is 17.7 Å². The molecule has 1 amide bonds. The van der Waals surface area contributed by atoms with Gasteiger partial charge in [0, 0.05) is 16.9 Å². The topological polar surface area (TPSA) is 72.1 Å². The Hall–Kier alpha value is -3.78. The van der Waals surface area contributed by atoms with E-state index in [1.807, 2.05) is 85.5 Å². The Morgan fingerprint density at radius 3 is 2.51 bits per heavy atom. The first-order chi connectivity index (χ1) is 16.9. The van der Waals surface area contributed by atoms with Gasteiger partial charge in [-0.25, -0.2) is 0 Å². The first kappa shape index (κ1) is 23.0. The molecule has 1 fully saturated rings. The van der Waals surface area contributed by atoms with Gasteiger partial charge in [-0.1, -0.05) is 24.3 Å². The number of benzene rings is 3. The fourth-order valence-corrected chi connectivity index (χ4v) is 5.39. The molecule has 0 aliphatic carbocycles. The van der Waals surface area contributed by atoms with E-state index in [9.17, 15) is 4.79 Å². The summed E-state index contributed by atoms with van der Waals surface area (Å²) in [6.07, 6.45) is 0. The predicted octanol–water partition coefficient (Wildman–Crippen LogP) is 4.81. The molecular formula is C27H27N3O4S. The Kier molecular flexibility index (Phi) is 5.76. The van der Waals surface area contributed by atoms with Crippen LogP contribution in [0, 0.1) is 12.8 Å². The van der Waals surface area contributed by atoms with Crippen LogP contribution < -0.4 is 29.7 Å². The summed E-state index contributed by atoms with van der Waals surface area (Å²) in [6, 6.07) is 20.5. The monoisotopic (exact) mass is 489 g/mol. The zero-order chi connectivity index (χ0) is 24.7. The number of hydrogen-bond acceptors (Lipinski definition) is 5. The lowest BCUT2D eigenvalue weighted by atomic mass is 9.78. The molecule has 2 N–H and O–H groups in total. The number of amides is 1. The number of nitrogens with zero attached hydrogens (tertiary/aromatic N) is 1. The van der Waals surface area contributed by atoms with Crippen molar-refractivity contribution in [1.29, 1.82) is 0 Å². The van der Waals surface area contributed by atoms with Gasteiger partial charge in [0.1, 0.15) is 11.7 Å². The Labute approximate surface area is 210 Å². The summed E-state index contributed by atoms with van der Waals surface area (Å²) in [7, 11) is 3.21. The molecule has 2 aliphatic rings. The Morgan fingerprint density at radius 1 is 1.09 bits per heavy atom. The van der Waals surface area contributed by atoms with Crippen molar-refractivity contribution in [3.63, 3.8) is 0 Å². The second-order valence-corrected chi connectivity index (χ2v) is 9.22. The SMILES string of the molecule is COc1ccc(NC(=O)[C@@H]2[C@H]3NC(=S)N(c4cccc(C)c4)[C@]2(C)Oc2c(OC)cccc23)cc1. The molecule has 2 aliphatic heterocycles. The first-order valence-electron chi connectivity index (χ1n) is 11.3. The van der Waals surface area contributed by atoms with Crippen molar-refractivity contribution >= 4 is 34.6 Å². The number of aryl methyl sites for hydroxylation is 1. The summed E-state index contributed by atoms with van der Waals surface area (Å²) in [5.74, 6) is 1.09. The van der Waals surface area contributed by atoms with Crippen molar-refractivity contribution in [2.75, 3.05) is 24.4 Å². The standard InChI is InChI=1S/C27H27N3O4S/c1-16-7-5-8-18(15-16)30-26(35)29-23-20-9-6-10-21(33-4)24(20)34-27(30,2)22(23)25(31)28-17-11-13-19(32-3)14-12-17/h5-15,22-23H,1-4H3,(H,28,31)(H,29,35)/t22-,23-,27+/m0/s1. The number of thiocarbonyl (C=S) groups is 1. The summed E-state index contributed by atoms with van der Waals surface area (Å²) in [4.78, 5) is 15.8. The number of carbonyl (C=O) groups excluding carboxylic acids is 1. The molecule has 3 atom stereocenters. The van der Waals surface area contributed by atoms with E-state index >= 15 is 0 Å². The quantitative estimate of drug-likeness (QED) is 0.498. The first-order valence-corrected chi connectivity index (χ1v) is 11.7. The minimum Gasteiger partial charge on any atom is -0.497 e. The molecule has 2 heterocycles. The summed E-state index contributed by atoms with van der Waals surface area (Å²) in [5, 5.41) is 6.97. The molecule has 7 nitrogen and oxygen atoms in total. The average Bonchev–Trinajstić information content (AvgIpc) is 2.83. The van der Waals surface area contributed by atoms with E-state index in [-0.39, 0.29) is 5.91 Å². The molecular weight excluding hydrogens is 462 g/mol. The zero-order valence-electron chi connectivity index (χ0n) is 20.0. The highest BCUT2D eigenvalue weighted by Crippen LogP contribution is 2.52. The van der Waals surface area contributed by atoms with Gasteiger partial charge in [-0.15, -0.1) is 0 Å². The molecule has 180 valence electrons. The van der Waals surface area contributed by atoms with Crippen LogP contribution in [0.1, 0.15) is 24.1 Å². The van der Waals surface area contributed by atoms with Crippen molar-refractivity contribution < 1.29 is 19.0 Å². The van der Waals surface area contributed by atoms with Crippen LogP contribution in [0.25, 0.3) is 0 Å². The lowest BCUT2D eigenvalue weighted by Crippen LogP contribution is -2.72. The van der Waals surface area contributed by atoms with Crippen LogP contribution in [0.5, 0.6) is 17.2 Å². The lowest BCUT2D eigenvalue weighted by Gasteiger charge is -2.56. The van der Waals surface area contributed by atoms with Crippen molar-refractivity contribution in [3.05, 3.63) is 77.9 Å². The maximum absolute atomic E-state index is 13.9. The molecule has 3 aromatic carbocycles. The van der Waals surface area contributed by atoms with E-state index in [0.29, 0.717) is 28.0 Å². The summed E-state index contributed by atoms with van der Waals surface area (Å²) >= 11 is 5.82. The van der Waals surface area contributed by atoms with Gasteiger partial charge in [0.2, 0.25) is 5.91 Å². The molecule has 0 unspecified atom stereocenters. The number of anilines is 2. The molecule has 0 radical (unpaired) electrons. The molecule has 8 heteroatoms. The lowest BCUT2D eigenvalue weighted by molar-refractivity contribution is -0.130. The number of nitrogens with one attached hydrogen (secondary N) is 2. The van der Waals surface area contributed by atoms with Crippen LogP contribution in [0.3, 0.4) is 0 Å². The molecule has 35 heavy (non-hydrogen) atoms. The van der Waals surface area contributed by atoms with Crippen LogP contribution in [0.4, 0.5) is 11.4 Å². The largest absolute Gasteiger partial charge is 0.497 e. The van der Waals surface area contributed by atoms with Gasteiger partial charge < -0.3 is 24.8 Å².